The molecule has 2 N–H and O–H groups in total. The molecule has 0 atom stereocenters. The van der Waals surface area contributed by atoms with Crippen LogP contribution in [0.25, 0.3) is 0 Å². The Bertz CT molecular complexity index is 752. The van der Waals surface area contributed by atoms with Crippen molar-refractivity contribution in [1.82, 2.24) is 5.32 Å². The number of anilines is 1. The zero-order valence-electron chi connectivity index (χ0n) is 14.5. The highest BCUT2D eigenvalue weighted by atomic mass is 79.9. The van der Waals surface area contributed by atoms with Gasteiger partial charge in [-0.3, -0.25) is 9.59 Å². The Morgan fingerprint density at radius 3 is 2.35 bits per heavy atom. The minimum absolute atomic E-state index is 0.275. The Kier molecular flexibility index (Phi) is 8.27. The molecule has 2 aromatic carbocycles. The van der Waals surface area contributed by atoms with E-state index in [0.29, 0.717) is 47.7 Å². The van der Waals surface area contributed by atoms with Crippen LogP contribution in [0.15, 0.2) is 53.0 Å². The largest absolute Gasteiger partial charge is 0.382 e. The first-order valence-corrected chi connectivity index (χ1v) is 8.92. The van der Waals surface area contributed by atoms with E-state index in [1.54, 1.807) is 49.6 Å². The molecule has 26 heavy (non-hydrogen) atoms. The first-order chi connectivity index (χ1) is 12.6. The highest BCUT2D eigenvalue weighted by Crippen LogP contribution is 2.20. The van der Waals surface area contributed by atoms with E-state index in [0.717, 1.165) is 0 Å². The number of carbonyl (C=O) groups excluding carboxylic acids is 2. The minimum atomic E-state index is -0.291. The van der Waals surface area contributed by atoms with Crippen LogP contribution in [-0.4, -0.2) is 45.3 Å². The third-order valence-electron chi connectivity index (χ3n) is 3.50. The Hall–Kier alpha value is -2.22. The molecule has 2 aromatic rings. The van der Waals surface area contributed by atoms with Crippen LogP contribution in [0.5, 0.6) is 0 Å². The van der Waals surface area contributed by atoms with Crippen molar-refractivity contribution in [3.63, 3.8) is 0 Å². The average molecular weight is 421 g/mol. The Morgan fingerprint density at radius 1 is 0.923 bits per heavy atom. The lowest BCUT2D eigenvalue weighted by Gasteiger charge is -2.12. The average Bonchev–Trinajstić information content (AvgIpc) is 2.65. The van der Waals surface area contributed by atoms with Crippen molar-refractivity contribution < 1.29 is 19.1 Å². The summed E-state index contributed by atoms with van der Waals surface area (Å²) in [4.78, 5) is 24.9. The predicted octanol–water partition coefficient (Wildman–Crippen LogP) is 3.09. The summed E-state index contributed by atoms with van der Waals surface area (Å²) in [6.45, 7) is 1.75. The van der Waals surface area contributed by atoms with Gasteiger partial charge in [0.1, 0.15) is 0 Å². The summed E-state index contributed by atoms with van der Waals surface area (Å²) < 4.78 is 10.9. The van der Waals surface area contributed by atoms with Gasteiger partial charge in [-0.05, 0) is 40.2 Å². The van der Waals surface area contributed by atoms with Gasteiger partial charge in [-0.25, -0.2) is 0 Å². The smallest absolute Gasteiger partial charge is 0.256 e. The summed E-state index contributed by atoms with van der Waals surface area (Å²) in [6.07, 6.45) is 0. The van der Waals surface area contributed by atoms with Crippen molar-refractivity contribution in [2.75, 3.05) is 38.8 Å². The Labute approximate surface area is 161 Å². The molecule has 0 spiro atoms. The molecule has 7 heteroatoms. The number of para-hydroxylation sites is 1. The number of hydrogen-bond acceptors (Lipinski definition) is 4. The molecular formula is C19H21BrN2O4. The quantitative estimate of drug-likeness (QED) is 0.611. The molecule has 0 aliphatic carbocycles. The van der Waals surface area contributed by atoms with E-state index >= 15 is 0 Å². The summed E-state index contributed by atoms with van der Waals surface area (Å²) in [6, 6.07) is 14.0. The predicted molar refractivity (Wildman–Crippen MR) is 104 cm³/mol. The first-order valence-electron chi connectivity index (χ1n) is 8.13. The van der Waals surface area contributed by atoms with Crippen LogP contribution >= 0.6 is 15.9 Å². The second kappa shape index (κ2) is 10.7. The van der Waals surface area contributed by atoms with Gasteiger partial charge in [0, 0.05) is 18.1 Å². The molecule has 0 heterocycles. The summed E-state index contributed by atoms with van der Waals surface area (Å²) in [7, 11) is 1.60. The second-order valence-electron chi connectivity index (χ2n) is 5.34. The number of nitrogens with one attached hydrogen (secondary N) is 2. The molecule has 0 aromatic heterocycles. The van der Waals surface area contributed by atoms with E-state index in [4.69, 9.17) is 9.47 Å². The van der Waals surface area contributed by atoms with E-state index in [-0.39, 0.29) is 11.8 Å². The van der Waals surface area contributed by atoms with Crippen molar-refractivity contribution in [3.05, 3.63) is 64.1 Å². The second-order valence-corrected chi connectivity index (χ2v) is 6.19. The molecule has 0 saturated heterocycles. The van der Waals surface area contributed by atoms with Crippen LogP contribution < -0.4 is 10.6 Å². The third-order valence-corrected chi connectivity index (χ3v) is 4.19. The standard InChI is InChI=1S/C19H21BrN2O4/c1-25-12-13-26-11-10-21-18(23)15-7-3-5-9-17(15)22-19(24)14-6-2-4-8-16(14)20/h2-9H,10-13H2,1H3,(H,21,23)(H,22,24). The lowest BCUT2D eigenvalue weighted by Crippen LogP contribution is -2.28. The maximum absolute atomic E-state index is 12.5. The molecule has 0 unspecified atom stereocenters. The maximum atomic E-state index is 12.5. The molecule has 0 fully saturated rings. The van der Waals surface area contributed by atoms with Crippen LogP contribution in [0.3, 0.4) is 0 Å². The molecule has 0 radical (unpaired) electrons. The zero-order valence-corrected chi connectivity index (χ0v) is 16.0. The van der Waals surface area contributed by atoms with E-state index in [9.17, 15) is 9.59 Å². The van der Waals surface area contributed by atoms with Crippen LogP contribution in [0.4, 0.5) is 5.69 Å². The summed E-state index contributed by atoms with van der Waals surface area (Å²) in [5, 5.41) is 5.56. The van der Waals surface area contributed by atoms with Gasteiger partial charge < -0.3 is 20.1 Å². The molecule has 0 aliphatic heterocycles. The lowest BCUT2D eigenvalue weighted by molar-refractivity contribution is 0.0693. The molecule has 0 saturated carbocycles. The number of halogens is 1. The summed E-state index contributed by atoms with van der Waals surface area (Å²) >= 11 is 3.35. The van der Waals surface area contributed by atoms with Crippen LogP contribution in [-0.2, 0) is 9.47 Å². The molecule has 2 rings (SSSR count). The molecule has 2 amide bonds. The first kappa shape index (κ1) is 20.1. The molecule has 0 aliphatic rings. The fraction of sp³-hybridized carbons (Fsp3) is 0.263. The zero-order chi connectivity index (χ0) is 18.8. The lowest BCUT2D eigenvalue weighted by atomic mass is 10.1. The Balaban J connectivity index is 1.97. The van der Waals surface area contributed by atoms with Gasteiger partial charge in [-0.1, -0.05) is 24.3 Å². The maximum Gasteiger partial charge on any atom is 0.256 e. The van der Waals surface area contributed by atoms with Crippen molar-refractivity contribution in [2.45, 2.75) is 0 Å². The number of benzene rings is 2. The van der Waals surface area contributed by atoms with Gasteiger partial charge in [0.25, 0.3) is 11.8 Å². The third kappa shape index (κ3) is 5.94. The number of carbonyl (C=O) groups is 2. The number of amides is 2. The number of methoxy groups -OCH3 is 1. The van der Waals surface area contributed by atoms with E-state index in [1.807, 2.05) is 6.07 Å². The molecule has 6 nitrogen and oxygen atoms in total. The minimum Gasteiger partial charge on any atom is -0.382 e. The fourth-order valence-corrected chi connectivity index (χ4v) is 2.67. The highest BCUT2D eigenvalue weighted by Gasteiger charge is 2.15. The molecule has 138 valence electrons. The van der Waals surface area contributed by atoms with Crippen LogP contribution in [0.2, 0.25) is 0 Å². The van der Waals surface area contributed by atoms with E-state index in [1.165, 1.54) is 0 Å². The van der Waals surface area contributed by atoms with Crippen molar-refractivity contribution >= 4 is 33.4 Å². The highest BCUT2D eigenvalue weighted by molar-refractivity contribution is 9.10. The van der Waals surface area contributed by atoms with Gasteiger partial charge in [0.05, 0.1) is 36.6 Å². The van der Waals surface area contributed by atoms with E-state index in [2.05, 4.69) is 26.6 Å². The monoisotopic (exact) mass is 420 g/mol. The summed E-state index contributed by atoms with van der Waals surface area (Å²) in [5.41, 5.74) is 1.34. The topological polar surface area (TPSA) is 76.7 Å². The SMILES string of the molecule is COCCOCCNC(=O)c1ccccc1NC(=O)c1ccccc1Br. The van der Waals surface area contributed by atoms with Crippen molar-refractivity contribution in [3.8, 4) is 0 Å². The van der Waals surface area contributed by atoms with Gasteiger partial charge >= 0.3 is 0 Å². The van der Waals surface area contributed by atoms with Gasteiger partial charge in [0.2, 0.25) is 0 Å². The van der Waals surface area contributed by atoms with Gasteiger partial charge in [-0.15, -0.1) is 0 Å². The molecular weight excluding hydrogens is 400 g/mol. The van der Waals surface area contributed by atoms with Crippen molar-refractivity contribution in [1.29, 1.82) is 0 Å². The van der Waals surface area contributed by atoms with E-state index < -0.39 is 0 Å². The number of hydrogen-bond donors (Lipinski definition) is 2. The number of rotatable bonds is 9. The molecule has 0 bridgehead atoms. The van der Waals surface area contributed by atoms with Crippen molar-refractivity contribution in [2.24, 2.45) is 0 Å². The van der Waals surface area contributed by atoms with Gasteiger partial charge in [-0.2, -0.15) is 0 Å². The summed E-state index contributed by atoms with van der Waals surface area (Å²) in [5.74, 6) is -0.566. The van der Waals surface area contributed by atoms with Crippen LogP contribution in [0, 0.1) is 0 Å². The Morgan fingerprint density at radius 2 is 1.62 bits per heavy atom. The normalized spacial score (nSPS) is 10.4. The van der Waals surface area contributed by atoms with Gasteiger partial charge in [0.15, 0.2) is 0 Å². The fourth-order valence-electron chi connectivity index (χ4n) is 2.20. The van der Waals surface area contributed by atoms with Crippen LogP contribution in [0.1, 0.15) is 20.7 Å². The number of ether oxygens (including phenoxy) is 2.